The average Bonchev–Trinajstić information content (AvgIpc) is 2.80. The molecule has 1 atom stereocenters. The number of aromatic nitrogens is 1. The van der Waals surface area contributed by atoms with E-state index in [1.807, 2.05) is 20.8 Å². The molecule has 2 rings (SSSR count). The standard InChI is InChI=1S/C19H31N3O2/c1-11(2)20-16-7-9-22(10-8-16)14(5)19(24)18-12(3)17(15(6)23)13(4)21-18/h11,14,16,20-21H,7-10H2,1-6H3. The maximum atomic E-state index is 12.9. The van der Waals surface area contributed by atoms with Crippen molar-refractivity contribution >= 4 is 11.6 Å². The molecule has 0 radical (unpaired) electrons. The molecule has 134 valence electrons. The van der Waals surface area contributed by atoms with E-state index < -0.39 is 0 Å². The van der Waals surface area contributed by atoms with Crippen molar-refractivity contribution in [2.75, 3.05) is 13.1 Å². The van der Waals surface area contributed by atoms with Crippen molar-refractivity contribution in [2.45, 2.75) is 72.5 Å². The van der Waals surface area contributed by atoms with Crippen LogP contribution in [0.15, 0.2) is 0 Å². The second-order valence-corrected chi connectivity index (χ2v) is 7.35. The van der Waals surface area contributed by atoms with E-state index in [2.05, 4.69) is 29.0 Å². The first-order valence-electron chi connectivity index (χ1n) is 8.96. The molecule has 1 aliphatic heterocycles. The summed E-state index contributed by atoms with van der Waals surface area (Å²) < 4.78 is 0. The average molecular weight is 333 g/mol. The largest absolute Gasteiger partial charge is 0.355 e. The van der Waals surface area contributed by atoms with E-state index in [0.29, 0.717) is 23.3 Å². The van der Waals surface area contributed by atoms with Gasteiger partial charge in [-0.1, -0.05) is 13.8 Å². The lowest BCUT2D eigenvalue weighted by atomic mass is 9.98. The minimum Gasteiger partial charge on any atom is -0.355 e. The molecule has 0 amide bonds. The number of Topliss-reactive ketones (excluding diaryl/α,β-unsaturated/α-hetero) is 2. The third kappa shape index (κ3) is 3.95. The minimum absolute atomic E-state index is 0.00790. The van der Waals surface area contributed by atoms with E-state index >= 15 is 0 Å². The number of nitrogens with one attached hydrogen (secondary N) is 2. The van der Waals surface area contributed by atoms with Crippen LogP contribution in [0.5, 0.6) is 0 Å². The van der Waals surface area contributed by atoms with Crippen LogP contribution in [0.3, 0.4) is 0 Å². The highest BCUT2D eigenvalue weighted by Gasteiger charge is 2.30. The van der Waals surface area contributed by atoms with Gasteiger partial charge < -0.3 is 10.3 Å². The van der Waals surface area contributed by atoms with Crippen molar-refractivity contribution in [3.05, 3.63) is 22.5 Å². The SMILES string of the molecule is CC(=O)c1c(C)[nH]c(C(=O)C(C)N2CCC(NC(C)C)CC2)c1C. The number of ketones is 2. The van der Waals surface area contributed by atoms with Crippen LogP contribution in [-0.2, 0) is 0 Å². The van der Waals surface area contributed by atoms with Gasteiger partial charge in [-0.3, -0.25) is 14.5 Å². The molecule has 2 heterocycles. The maximum Gasteiger partial charge on any atom is 0.196 e. The van der Waals surface area contributed by atoms with Crippen molar-refractivity contribution in [3.8, 4) is 0 Å². The molecule has 1 unspecified atom stereocenters. The third-order valence-electron chi connectivity index (χ3n) is 5.06. The van der Waals surface area contributed by atoms with Crippen molar-refractivity contribution in [1.29, 1.82) is 0 Å². The highest BCUT2D eigenvalue weighted by molar-refractivity contribution is 6.05. The normalized spacial score (nSPS) is 18.1. The molecule has 1 saturated heterocycles. The molecule has 0 aromatic carbocycles. The van der Waals surface area contributed by atoms with Crippen molar-refractivity contribution in [1.82, 2.24) is 15.2 Å². The second kappa shape index (κ2) is 7.62. The Morgan fingerprint density at radius 3 is 2.21 bits per heavy atom. The van der Waals surface area contributed by atoms with Crippen LogP contribution < -0.4 is 5.32 Å². The van der Waals surface area contributed by atoms with E-state index in [1.165, 1.54) is 0 Å². The number of H-pyrrole nitrogens is 1. The smallest absolute Gasteiger partial charge is 0.196 e. The van der Waals surface area contributed by atoms with Gasteiger partial charge >= 0.3 is 0 Å². The molecule has 1 fully saturated rings. The molecule has 5 heteroatoms. The lowest BCUT2D eigenvalue weighted by Crippen LogP contribution is -2.49. The molecule has 0 aliphatic carbocycles. The Morgan fingerprint density at radius 1 is 1.17 bits per heavy atom. The van der Waals surface area contributed by atoms with Gasteiger partial charge in [0.2, 0.25) is 0 Å². The molecule has 2 N–H and O–H groups in total. The van der Waals surface area contributed by atoms with E-state index in [1.54, 1.807) is 6.92 Å². The zero-order valence-electron chi connectivity index (χ0n) is 15.8. The van der Waals surface area contributed by atoms with Gasteiger partial charge in [0.15, 0.2) is 11.6 Å². The summed E-state index contributed by atoms with van der Waals surface area (Å²) in [4.78, 5) is 30.1. The number of aromatic amines is 1. The molecule has 5 nitrogen and oxygen atoms in total. The highest BCUT2D eigenvalue weighted by atomic mass is 16.1. The van der Waals surface area contributed by atoms with Crippen LogP contribution in [0.1, 0.15) is 72.6 Å². The Kier molecular flexibility index (Phi) is 5.99. The lowest BCUT2D eigenvalue weighted by Gasteiger charge is -2.36. The van der Waals surface area contributed by atoms with Crippen LogP contribution in [-0.4, -0.2) is 52.7 Å². The number of rotatable bonds is 6. The van der Waals surface area contributed by atoms with Gasteiger partial charge in [0, 0.05) is 36.4 Å². The first-order valence-corrected chi connectivity index (χ1v) is 8.96. The van der Waals surface area contributed by atoms with Gasteiger partial charge in [0.1, 0.15) is 0 Å². The molecule has 1 aromatic rings. The predicted molar refractivity (Wildman–Crippen MR) is 96.9 cm³/mol. The number of hydrogen-bond donors (Lipinski definition) is 2. The van der Waals surface area contributed by atoms with E-state index in [9.17, 15) is 9.59 Å². The Balaban J connectivity index is 2.06. The molecule has 1 aromatic heterocycles. The summed E-state index contributed by atoms with van der Waals surface area (Å²) in [6.45, 7) is 13.4. The Bertz CT molecular complexity index is 610. The molecule has 0 saturated carbocycles. The number of carbonyl (C=O) groups excluding carboxylic acids is 2. The fourth-order valence-electron chi connectivity index (χ4n) is 3.82. The van der Waals surface area contributed by atoms with Crippen LogP contribution in [0.2, 0.25) is 0 Å². The first-order chi connectivity index (χ1) is 11.2. The monoisotopic (exact) mass is 333 g/mol. The van der Waals surface area contributed by atoms with Crippen LogP contribution in [0.25, 0.3) is 0 Å². The minimum atomic E-state index is -0.165. The summed E-state index contributed by atoms with van der Waals surface area (Å²) >= 11 is 0. The molecule has 0 bridgehead atoms. The van der Waals surface area contributed by atoms with E-state index in [4.69, 9.17) is 0 Å². The zero-order valence-corrected chi connectivity index (χ0v) is 15.8. The number of carbonyl (C=O) groups is 2. The number of aryl methyl sites for hydroxylation is 1. The maximum absolute atomic E-state index is 12.9. The van der Waals surface area contributed by atoms with Gasteiger partial charge in [-0.05, 0) is 46.1 Å². The second-order valence-electron chi connectivity index (χ2n) is 7.35. The summed E-state index contributed by atoms with van der Waals surface area (Å²) in [5.41, 5.74) is 2.82. The van der Waals surface area contributed by atoms with Crippen LogP contribution in [0.4, 0.5) is 0 Å². The fraction of sp³-hybridized carbons (Fsp3) is 0.684. The van der Waals surface area contributed by atoms with Gasteiger partial charge in [-0.15, -0.1) is 0 Å². The summed E-state index contributed by atoms with van der Waals surface area (Å²) in [7, 11) is 0. The van der Waals surface area contributed by atoms with E-state index in [-0.39, 0.29) is 17.6 Å². The topological polar surface area (TPSA) is 65.2 Å². The predicted octanol–water partition coefficient (Wildman–Crippen LogP) is 2.87. The lowest BCUT2D eigenvalue weighted by molar-refractivity contribution is 0.0779. The zero-order chi connectivity index (χ0) is 18.0. The first kappa shape index (κ1) is 18.9. The van der Waals surface area contributed by atoms with Gasteiger partial charge in [0.05, 0.1) is 11.7 Å². The number of nitrogens with zero attached hydrogens (tertiary/aromatic N) is 1. The summed E-state index contributed by atoms with van der Waals surface area (Å²) in [5.74, 6) is 0.0897. The molecule has 24 heavy (non-hydrogen) atoms. The quantitative estimate of drug-likeness (QED) is 0.786. The van der Waals surface area contributed by atoms with Crippen molar-refractivity contribution < 1.29 is 9.59 Å². The summed E-state index contributed by atoms with van der Waals surface area (Å²) in [6, 6.07) is 0.874. The molecular formula is C19H31N3O2. The molecule has 0 spiro atoms. The number of hydrogen-bond acceptors (Lipinski definition) is 4. The molecule has 1 aliphatic rings. The molecular weight excluding hydrogens is 302 g/mol. The van der Waals surface area contributed by atoms with Gasteiger partial charge in [0.25, 0.3) is 0 Å². The highest BCUT2D eigenvalue weighted by Crippen LogP contribution is 2.22. The van der Waals surface area contributed by atoms with Crippen molar-refractivity contribution in [2.24, 2.45) is 0 Å². The van der Waals surface area contributed by atoms with Gasteiger partial charge in [-0.2, -0.15) is 0 Å². The number of likely N-dealkylation sites (tertiary alicyclic amines) is 1. The van der Waals surface area contributed by atoms with Gasteiger partial charge in [-0.25, -0.2) is 0 Å². The number of piperidine rings is 1. The van der Waals surface area contributed by atoms with Crippen LogP contribution >= 0.6 is 0 Å². The Hall–Kier alpha value is -1.46. The fourth-order valence-corrected chi connectivity index (χ4v) is 3.82. The Morgan fingerprint density at radius 2 is 1.75 bits per heavy atom. The summed E-state index contributed by atoms with van der Waals surface area (Å²) in [6.07, 6.45) is 2.13. The van der Waals surface area contributed by atoms with E-state index in [0.717, 1.165) is 37.2 Å². The summed E-state index contributed by atoms with van der Waals surface area (Å²) in [5, 5.41) is 3.58. The Labute approximate surface area is 145 Å². The van der Waals surface area contributed by atoms with Crippen LogP contribution in [0, 0.1) is 13.8 Å². The third-order valence-corrected chi connectivity index (χ3v) is 5.06. The van der Waals surface area contributed by atoms with Crippen molar-refractivity contribution in [3.63, 3.8) is 0 Å².